The van der Waals surface area contributed by atoms with Gasteiger partial charge in [0.15, 0.2) is 5.96 Å². The molecule has 0 saturated carbocycles. The minimum atomic E-state index is -0.499. The number of amides is 2. The van der Waals surface area contributed by atoms with E-state index < -0.39 is 5.54 Å². The topological polar surface area (TPSA) is 97.0 Å². The molecule has 2 aromatic rings. The van der Waals surface area contributed by atoms with Crippen LogP contribution in [-0.2, 0) is 4.79 Å². The lowest BCUT2D eigenvalue weighted by Crippen LogP contribution is -2.53. The second-order valence-corrected chi connectivity index (χ2v) is 11.1. The van der Waals surface area contributed by atoms with E-state index in [0.29, 0.717) is 36.7 Å². The Hall–Kier alpha value is -3.61. The number of carbonyl (C=O) groups is 2. The summed E-state index contributed by atoms with van der Waals surface area (Å²) in [6.07, 6.45) is 9.47. The van der Waals surface area contributed by atoms with E-state index in [1.54, 1.807) is 11.0 Å². The van der Waals surface area contributed by atoms with Crippen molar-refractivity contribution in [2.24, 2.45) is 10.7 Å². The maximum Gasteiger partial charge on any atom is 0.251 e. The summed E-state index contributed by atoms with van der Waals surface area (Å²) in [7, 11) is 0. The molecular weight excluding hydrogens is 476 g/mol. The van der Waals surface area contributed by atoms with Crippen molar-refractivity contribution in [3.8, 4) is 5.75 Å². The summed E-state index contributed by atoms with van der Waals surface area (Å²) in [5, 5.41) is 3.31. The molecule has 2 amide bonds. The predicted molar refractivity (Wildman–Crippen MR) is 148 cm³/mol. The third-order valence-electron chi connectivity index (χ3n) is 8.93. The monoisotopic (exact) mass is 512 g/mol. The van der Waals surface area contributed by atoms with Crippen LogP contribution in [-0.4, -0.2) is 34.8 Å². The molecule has 1 aliphatic carbocycles. The number of ether oxygens (including phenoxy) is 1. The molecule has 4 heterocycles. The van der Waals surface area contributed by atoms with Gasteiger partial charge in [-0.3, -0.25) is 14.5 Å². The summed E-state index contributed by atoms with van der Waals surface area (Å²) >= 11 is 0. The van der Waals surface area contributed by atoms with Gasteiger partial charge in [0.05, 0.1) is 30.7 Å². The van der Waals surface area contributed by atoms with Gasteiger partial charge in [-0.2, -0.15) is 0 Å². The van der Waals surface area contributed by atoms with E-state index in [-0.39, 0.29) is 29.9 Å². The van der Waals surface area contributed by atoms with E-state index in [1.807, 2.05) is 12.1 Å². The normalized spacial score (nSPS) is 29.2. The molecule has 0 spiro atoms. The molecule has 0 radical (unpaired) electrons. The van der Waals surface area contributed by atoms with Crippen LogP contribution in [0.25, 0.3) is 6.08 Å². The fourth-order valence-corrected chi connectivity index (χ4v) is 6.72. The first kappa shape index (κ1) is 24.7. The van der Waals surface area contributed by atoms with Gasteiger partial charge in [-0.05, 0) is 79.0 Å². The highest BCUT2D eigenvalue weighted by molar-refractivity contribution is 6.00. The first-order chi connectivity index (χ1) is 18.4. The van der Waals surface area contributed by atoms with Crippen LogP contribution in [0.5, 0.6) is 5.75 Å². The molecule has 0 fully saturated rings. The number of carbonyl (C=O) groups excluding carboxylic acids is 2. The number of hydrogen-bond donors (Lipinski definition) is 2. The zero-order valence-electron chi connectivity index (χ0n) is 22.2. The van der Waals surface area contributed by atoms with Gasteiger partial charge in [-0.1, -0.05) is 38.1 Å². The van der Waals surface area contributed by atoms with Gasteiger partial charge in [-0.25, -0.2) is 4.99 Å². The smallest absolute Gasteiger partial charge is 0.251 e. The Labute approximate surface area is 224 Å². The number of nitrogens with zero attached hydrogens (tertiary/aromatic N) is 2. The van der Waals surface area contributed by atoms with Crippen LogP contribution < -0.4 is 15.8 Å². The van der Waals surface area contributed by atoms with Crippen LogP contribution in [0, 0.1) is 0 Å². The van der Waals surface area contributed by atoms with Crippen LogP contribution in [0.15, 0.2) is 47.5 Å². The van der Waals surface area contributed by atoms with E-state index in [4.69, 9.17) is 15.5 Å². The van der Waals surface area contributed by atoms with Gasteiger partial charge in [0.1, 0.15) is 5.75 Å². The van der Waals surface area contributed by atoms with E-state index in [9.17, 15) is 9.59 Å². The van der Waals surface area contributed by atoms with Crippen LogP contribution in [0.1, 0.15) is 109 Å². The lowest BCUT2D eigenvalue weighted by Gasteiger charge is -2.42. The quantitative estimate of drug-likeness (QED) is 0.564. The summed E-state index contributed by atoms with van der Waals surface area (Å²) in [6, 6.07) is 11.8. The van der Waals surface area contributed by atoms with Crippen molar-refractivity contribution in [1.29, 1.82) is 0 Å². The van der Waals surface area contributed by atoms with Crippen molar-refractivity contribution in [2.75, 3.05) is 6.61 Å². The third kappa shape index (κ3) is 4.18. The Bertz CT molecular complexity index is 1350. The van der Waals surface area contributed by atoms with Crippen LogP contribution in [0.4, 0.5) is 0 Å². The highest BCUT2D eigenvalue weighted by atomic mass is 16.5. The van der Waals surface area contributed by atoms with Crippen LogP contribution >= 0.6 is 0 Å². The van der Waals surface area contributed by atoms with Gasteiger partial charge in [0.25, 0.3) is 5.91 Å². The van der Waals surface area contributed by atoms with Gasteiger partial charge >= 0.3 is 0 Å². The molecule has 0 unspecified atom stereocenters. The van der Waals surface area contributed by atoms with Gasteiger partial charge in [0, 0.05) is 17.5 Å². The SMILES string of the molecule is CC[C@@H]1C[C@@H]2NC(=O)c3ccc4c(c3)[C@@H](CCO4)N3C(=O)C[C@@](CC)(CC/C=C\c4ccc1c2c4)N=C3N. The molecule has 0 saturated heterocycles. The van der Waals surface area contributed by atoms with Crippen LogP contribution in [0.2, 0.25) is 0 Å². The van der Waals surface area contributed by atoms with Crippen molar-refractivity contribution in [2.45, 2.75) is 82.3 Å². The zero-order chi connectivity index (χ0) is 26.4. The molecule has 4 atom stereocenters. The number of hydrogen-bond acceptors (Lipinski definition) is 5. The molecule has 0 aromatic heterocycles. The van der Waals surface area contributed by atoms with Crippen molar-refractivity contribution >= 4 is 23.8 Å². The molecule has 38 heavy (non-hydrogen) atoms. The Morgan fingerprint density at radius 3 is 2.79 bits per heavy atom. The standard InChI is InChI=1S/C31H36N4O3/c1-3-20-17-25-23-15-19(8-10-22(20)23)7-5-6-13-31(4-2)18-28(36)35(30(32)34-31)26-12-14-38-27-11-9-21(16-24(26)27)29(37)33-25/h5,7-11,15-16,20,25-26H,3-4,6,12-14,17-18H2,1-2H3,(H2,32,34)(H,33,37)/b7-5-/t20-,25+,26-,31-/m1/s1. The average molecular weight is 513 g/mol. The summed E-state index contributed by atoms with van der Waals surface area (Å²) in [6.45, 7) is 4.76. The summed E-state index contributed by atoms with van der Waals surface area (Å²) in [5.74, 6) is 1.24. The van der Waals surface area contributed by atoms with Crippen molar-refractivity contribution in [3.63, 3.8) is 0 Å². The number of fused-ring (bicyclic) bond motifs is 4. The first-order valence-corrected chi connectivity index (χ1v) is 14.0. The fraction of sp³-hybridized carbons (Fsp3) is 0.452. The summed E-state index contributed by atoms with van der Waals surface area (Å²) in [4.78, 5) is 33.7. The predicted octanol–water partition coefficient (Wildman–Crippen LogP) is 5.38. The van der Waals surface area contributed by atoms with E-state index >= 15 is 0 Å². The second-order valence-electron chi connectivity index (χ2n) is 11.1. The third-order valence-corrected chi connectivity index (χ3v) is 8.93. The summed E-state index contributed by atoms with van der Waals surface area (Å²) in [5.41, 5.74) is 11.1. The molecule has 4 aliphatic heterocycles. The Kier molecular flexibility index (Phi) is 6.25. The zero-order valence-corrected chi connectivity index (χ0v) is 22.2. The van der Waals surface area contributed by atoms with Crippen molar-refractivity contribution in [1.82, 2.24) is 10.2 Å². The molecule has 7 rings (SSSR count). The van der Waals surface area contributed by atoms with E-state index in [1.165, 1.54) is 11.1 Å². The molecule has 7 heteroatoms. The maximum atomic E-state index is 13.6. The fourth-order valence-electron chi connectivity index (χ4n) is 6.72. The lowest BCUT2D eigenvalue weighted by atomic mass is 9.85. The number of aliphatic imine (C=N–C) groups is 1. The largest absolute Gasteiger partial charge is 0.493 e. The number of allylic oxidation sites excluding steroid dienone is 1. The summed E-state index contributed by atoms with van der Waals surface area (Å²) < 4.78 is 5.92. The van der Waals surface area contributed by atoms with Gasteiger partial charge < -0.3 is 15.8 Å². The number of benzene rings is 2. The molecule has 3 N–H and O–H groups in total. The minimum absolute atomic E-state index is 0.0195. The number of nitrogens with one attached hydrogen (secondary N) is 1. The Balaban J connectivity index is 1.45. The van der Waals surface area contributed by atoms with Gasteiger partial charge in [0.2, 0.25) is 5.91 Å². The Morgan fingerprint density at radius 2 is 2.00 bits per heavy atom. The van der Waals surface area contributed by atoms with Crippen molar-refractivity contribution in [3.05, 3.63) is 70.3 Å². The molecule has 5 aliphatic rings. The number of nitrogens with two attached hydrogens (primary N) is 1. The van der Waals surface area contributed by atoms with Crippen LogP contribution in [0.3, 0.4) is 0 Å². The minimum Gasteiger partial charge on any atom is -0.493 e. The highest BCUT2D eigenvalue weighted by Gasteiger charge is 2.42. The highest BCUT2D eigenvalue weighted by Crippen LogP contribution is 2.44. The number of rotatable bonds is 2. The van der Waals surface area contributed by atoms with Crippen molar-refractivity contribution < 1.29 is 14.3 Å². The number of guanidine groups is 1. The average Bonchev–Trinajstić information content (AvgIpc) is 3.26. The Morgan fingerprint density at radius 1 is 1.13 bits per heavy atom. The first-order valence-electron chi connectivity index (χ1n) is 14.0. The maximum absolute atomic E-state index is 13.6. The second kappa shape index (κ2) is 9.61. The van der Waals surface area contributed by atoms with E-state index in [2.05, 4.69) is 49.5 Å². The molecular formula is C31H36N4O3. The molecule has 7 nitrogen and oxygen atoms in total. The molecule has 6 bridgehead atoms. The lowest BCUT2D eigenvalue weighted by molar-refractivity contribution is -0.132. The molecule has 2 aromatic carbocycles. The molecule has 198 valence electrons. The van der Waals surface area contributed by atoms with Gasteiger partial charge in [-0.15, -0.1) is 0 Å². The van der Waals surface area contributed by atoms with E-state index in [0.717, 1.165) is 43.2 Å².